The van der Waals surface area contributed by atoms with Crippen molar-refractivity contribution >= 4 is 23.6 Å². The van der Waals surface area contributed by atoms with Crippen LogP contribution in [-0.2, 0) is 9.53 Å². The highest BCUT2D eigenvalue weighted by Crippen LogP contribution is 2.14. The number of carbonyl (C=O) groups is 1. The standard InChI is InChI=1S/C14H14ClNO2/c1-10(2)9-18-14(17)12(8-16)6-11-4-3-5-13(15)7-11/h3-7,10H,9H2,1-2H3/b12-6+. The second-order valence-corrected chi connectivity index (χ2v) is 4.65. The van der Waals surface area contributed by atoms with E-state index in [2.05, 4.69) is 0 Å². The molecule has 0 aliphatic heterocycles. The Morgan fingerprint density at radius 3 is 2.83 bits per heavy atom. The molecule has 0 saturated heterocycles. The highest BCUT2D eigenvalue weighted by molar-refractivity contribution is 6.30. The van der Waals surface area contributed by atoms with Gasteiger partial charge in [0.25, 0.3) is 0 Å². The van der Waals surface area contributed by atoms with Gasteiger partial charge < -0.3 is 4.74 Å². The molecule has 0 aliphatic carbocycles. The number of halogens is 1. The summed E-state index contributed by atoms with van der Waals surface area (Å²) in [4.78, 5) is 11.6. The topological polar surface area (TPSA) is 50.1 Å². The molecular formula is C14H14ClNO2. The van der Waals surface area contributed by atoms with Crippen molar-refractivity contribution in [1.82, 2.24) is 0 Å². The van der Waals surface area contributed by atoms with Crippen molar-refractivity contribution in [2.45, 2.75) is 13.8 Å². The van der Waals surface area contributed by atoms with E-state index in [9.17, 15) is 4.79 Å². The van der Waals surface area contributed by atoms with Gasteiger partial charge in [-0.05, 0) is 29.7 Å². The summed E-state index contributed by atoms with van der Waals surface area (Å²) < 4.78 is 5.00. The average Bonchev–Trinajstić information content (AvgIpc) is 2.33. The van der Waals surface area contributed by atoms with Crippen molar-refractivity contribution in [3.05, 3.63) is 40.4 Å². The largest absolute Gasteiger partial charge is 0.461 e. The number of nitrogens with zero attached hydrogens (tertiary/aromatic N) is 1. The first-order valence-electron chi connectivity index (χ1n) is 5.57. The number of esters is 1. The lowest BCUT2D eigenvalue weighted by Gasteiger charge is -2.06. The first kappa shape index (κ1) is 14.3. The third-order valence-electron chi connectivity index (χ3n) is 2.05. The molecule has 1 rings (SSSR count). The van der Waals surface area contributed by atoms with E-state index in [1.807, 2.05) is 19.9 Å². The van der Waals surface area contributed by atoms with Gasteiger partial charge in [0.15, 0.2) is 0 Å². The fourth-order valence-electron chi connectivity index (χ4n) is 1.22. The molecule has 0 atom stereocenters. The first-order valence-corrected chi connectivity index (χ1v) is 5.95. The second-order valence-electron chi connectivity index (χ2n) is 4.22. The Hall–Kier alpha value is -1.79. The molecule has 0 saturated carbocycles. The quantitative estimate of drug-likeness (QED) is 0.475. The molecule has 0 N–H and O–H groups in total. The van der Waals surface area contributed by atoms with Crippen molar-refractivity contribution in [3.63, 3.8) is 0 Å². The van der Waals surface area contributed by atoms with E-state index in [4.69, 9.17) is 21.6 Å². The Bertz CT molecular complexity index is 501. The molecule has 3 nitrogen and oxygen atoms in total. The van der Waals surface area contributed by atoms with Gasteiger partial charge in [-0.25, -0.2) is 4.79 Å². The van der Waals surface area contributed by atoms with Crippen LogP contribution >= 0.6 is 11.6 Å². The molecule has 4 heteroatoms. The van der Waals surface area contributed by atoms with Gasteiger partial charge >= 0.3 is 5.97 Å². The van der Waals surface area contributed by atoms with Crippen LogP contribution in [0.5, 0.6) is 0 Å². The van der Waals surface area contributed by atoms with Crippen LogP contribution in [0.25, 0.3) is 6.08 Å². The zero-order chi connectivity index (χ0) is 13.5. The molecule has 0 bridgehead atoms. The molecule has 0 unspecified atom stereocenters. The molecule has 0 aliphatic rings. The fourth-order valence-corrected chi connectivity index (χ4v) is 1.42. The minimum Gasteiger partial charge on any atom is -0.461 e. The van der Waals surface area contributed by atoms with Crippen molar-refractivity contribution < 1.29 is 9.53 Å². The smallest absolute Gasteiger partial charge is 0.348 e. The predicted molar refractivity (Wildman–Crippen MR) is 70.8 cm³/mol. The summed E-state index contributed by atoms with van der Waals surface area (Å²) in [7, 11) is 0. The third-order valence-corrected chi connectivity index (χ3v) is 2.28. The maximum atomic E-state index is 11.6. The fraction of sp³-hybridized carbons (Fsp3) is 0.286. The normalized spacial score (nSPS) is 11.2. The Morgan fingerprint density at radius 2 is 2.28 bits per heavy atom. The Labute approximate surface area is 112 Å². The van der Waals surface area contributed by atoms with Crippen LogP contribution in [0.2, 0.25) is 5.02 Å². The van der Waals surface area contributed by atoms with Gasteiger partial charge in [0.2, 0.25) is 0 Å². The van der Waals surface area contributed by atoms with Crippen LogP contribution in [0.15, 0.2) is 29.8 Å². The van der Waals surface area contributed by atoms with Gasteiger partial charge in [0.05, 0.1) is 6.61 Å². The minimum atomic E-state index is -0.605. The number of hydrogen-bond donors (Lipinski definition) is 0. The molecule has 0 amide bonds. The van der Waals surface area contributed by atoms with Crippen LogP contribution in [-0.4, -0.2) is 12.6 Å². The zero-order valence-corrected chi connectivity index (χ0v) is 11.1. The Morgan fingerprint density at radius 1 is 1.56 bits per heavy atom. The van der Waals surface area contributed by atoms with Gasteiger partial charge in [0.1, 0.15) is 11.6 Å². The van der Waals surface area contributed by atoms with Crippen LogP contribution in [0, 0.1) is 17.2 Å². The van der Waals surface area contributed by atoms with Crippen molar-refractivity contribution in [1.29, 1.82) is 5.26 Å². The summed E-state index contributed by atoms with van der Waals surface area (Å²) in [5.41, 5.74) is 0.665. The van der Waals surface area contributed by atoms with E-state index in [1.54, 1.807) is 24.3 Å². The number of carbonyl (C=O) groups excluding carboxylic acids is 1. The van der Waals surface area contributed by atoms with Crippen LogP contribution in [0.4, 0.5) is 0 Å². The number of ether oxygens (including phenoxy) is 1. The van der Waals surface area contributed by atoms with Gasteiger partial charge in [-0.1, -0.05) is 37.6 Å². The van der Waals surface area contributed by atoms with E-state index in [0.717, 1.165) is 0 Å². The number of benzene rings is 1. The Kier molecular flexibility index (Phi) is 5.41. The lowest BCUT2D eigenvalue weighted by atomic mass is 10.1. The molecule has 0 heterocycles. The molecular weight excluding hydrogens is 250 g/mol. The van der Waals surface area contributed by atoms with Crippen molar-refractivity contribution in [2.75, 3.05) is 6.61 Å². The van der Waals surface area contributed by atoms with Crippen molar-refractivity contribution in [3.8, 4) is 6.07 Å². The molecule has 0 spiro atoms. The van der Waals surface area contributed by atoms with Crippen LogP contribution < -0.4 is 0 Å². The molecule has 0 fully saturated rings. The summed E-state index contributed by atoms with van der Waals surface area (Å²) in [6, 6.07) is 8.75. The van der Waals surface area contributed by atoms with Gasteiger partial charge in [-0.2, -0.15) is 5.26 Å². The number of hydrogen-bond acceptors (Lipinski definition) is 3. The van der Waals surface area contributed by atoms with Crippen LogP contribution in [0.3, 0.4) is 0 Å². The monoisotopic (exact) mass is 263 g/mol. The van der Waals surface area contributed by atoms with E-state index in [1.165, 1.54) is 6.08 Å². The highest BCUT2D eigenvalue weighted by atomic mass is 35.5. The maximum absolute atomic E-state index is 11.6. The molecule has 1 aromatic carbocycles. The second kappa shape index (κ2) is 6.83. The summed E-state index contributed by atoms with van der Waals surface area (Å²) in [6.45, 7) is 4.16. The number of nitriles is 1. The van der Waals surface area contributed by atoms with E-state index < -0.39 is 5.97 Å². The molecule has 1 aromatic rings. The molecule has 94 valence electrons. The van der Waals surface area contributed by atoms with Gasteiger partial charge in [-0.3, -0.25) is 0 Å². The third kappa shape index (κ3) is 4.60. The predicted octanol–water partition coefficient (Wildman–Crippen LogP) is 3.45. The summed E-state index contributed by atoms with van der Waals surface area (Å²) in [5.74, 6) is -0.369. The Balaban J connectivity index is 2.83. The van der Waals surface area contributed by atoms with Crippen molar-refractivity contribution in [2.24, 2.45) is 5.92 Å². The summed E-state index contributed by atoms with van der Waals surface area (Å²) in [5, 5.41) is 9.49. The molecule has 18 heavy (non-hydrogen) atoms. The highest BCUT2D eigenvalue weighted by Gasteiger charge is 2.11. The number of rotatable bonds is 4. The van der Waals surface area contributed by atoms with Gasteiger partial charge in [0, 0.05) is 5.02 Å². The first-order chi connectivity index (χ1) is 8.52. The lowest BCUT2D eigenvalue weighted by molar-refractivity contribution is -0.139. The van der Waals surface area contributed by atoms with Crippen LogP contribution in [0.1, 0.15) is 19.4 Å². The average molecular weight is 264 g/mol. The van der Waals surface area contributed by atoms with E-state index in [-0.39, 0.29) is 11.5 Å². The summed E-state index contributed by atoms with van der Waals surface area (Å²) in [6.07, 6.45) is 1.47. The minimum absolute atomic E-state index is 0.0297. The molecule has 0 radical (unpaired) electrons. The zero-order valence-electron chi connectivity index (χ0n) is 10.3. The maximum Gasteiger partial charge on any atom is 0.348 e. The summed E-state index contributed by atoms with van der Waals surface area (Å²) >= 11 is 5.83. The van der Waals surface area contributed by atoms with Gasteiger partial charge in [-0.15, -0.1) is 0 Å². The molecule has 0 aromatic heterocycles. The van der Waals surface area contributed by atoms with E-state index >= 15 is 0 Å². The lowest BCUT2D eigenvalue weighted by Crippen LogP contribution is -2.11. The van der Waals surface area contributed by atoms with E-state index in [0.29, 0.717) is 17.2 Å². The SMILES string of the molecule is CC(C)COC(=O)/C(C#N)=C/c1cccc(Cl)c1.